The number of piperidine rings is 1. The van der Waals surface area contributed by atoms with Crippen molar-refractivity contribution >= 4 is 10.0 Å². The molecular weight excluding hydrogens is 262 g/mol. The monoisotopic (exact) mass is 291 g/mol. The van der Waals surface area contributed by atoms with Crippen LogP contribution in [0.2, 0.25) is 0 Å². The van der Waals surface area contributed by atoms with Gasteiger partial charge in [0.2, 0.25) is 10.0 Å². The molecule has 114 valence electrons. The summed E-state index contributed by atoms with van der Waals surface area (Å²) in [7, 11) is 0.739. The fraction of sp³-hybridized carbons (Fsp3) is 1.00. The van der Waals surface area contributed by atoms with Crippen LogP contribution >= 0.6 is 0 Å². The molecule has 0 aromatic rings. The molecule has 0 aromatic heterocycles. The molecule has 0 amide bonds. The predicted molar refractivity (Wildman–Crippen MR) is 79.8 cm³/mol. The van der Waals surface area contributed by atoms with Gasteiger partial charge < -0.3 is 10.2 Å². The normalized spacial score (nSPS) is 19.2. The van der Waals surface area contributed by atoms with E-state index >= 15 is 0 Å². The van der Waals surface area contributed by atoms with Crippen molar-refractivity contribution in [3.8, 4) is 0 Å². The van der Waals surface area contributed by atoms with Gasteiger partial charge in [0, 0.05) is 13.1 Å². The molecule has 1 N–H and O–H groups in total. The fourth-order valence-corrected chi connectivity index (χ4v) is 3.87. The van der Waals surface area contributed by atoms with Crippen LogP contribution in [-0.4, -0.2) is 69.7 Å². The van der Waals surface area contributed by atoms with Crippen molar-refractivity contribution < 1.29 is 8.42 Å². The van der Waals surface area contributed by atoms with Crippen molar-refractivity contribution in [3.63, 3.8) is 0 Å². The molecule has 0 radical (unpaired) electrons. The molecule has 5 nitrogen and oxygen atoms in total. The van der Waals surface area contributed by atoms with E-state index in [9.17, 15) is 8.42 Å². The first-order chi connectivity index (χ1) is 8.97. The van der Waals surface area contributed by atoms with Gasteiger partial charge in [0.05, 0.1) is 5.75 Å². The quantitative estimate of drug-likeness (QED) is 0.670. The second-order valence-electron chi connectivity index (χ2n) is 5.47. The molecule has 1 heterocycles. The average molecular weight is 291 g/mol. The van der Waals surface area contributed by atoms with E-state index in [1.54, 1.807) is 11.4 Å². The van der Waals surface area contributed by atoms with Crippen LogP contribution in [0, 0.1) is 0 Å². The fourth-order valence-electron chi connectivity index (χ4n) is 2.41. The standard InChI is InChI=1S/C13H29N3O2S/c1-4-8-14-9-5-12-19(17,18)16(3)13-6-10-15(2)11-7-13/h13-14H,4-12H2,1-3H3. The minimum absolute atomic E-state index is 0.185. The molecule has 6 heteroatoms. The Morgan fingerprint density at radius 1 is 1.26 bits per heavy atom. The Morgan fingerprint density at radius 3 is 2.47 bits per heavy atom. The lowest BCUT2D eigenvalue weighted by molar-refractivity contribution is 0.197. The van der Waals surface area contributed by atoms with Gasteiger partial charge in [-0.1, -0.05) is 6.92 Å². The summed E-state index contributed by atoms with van der Waals surface area (Å²) in [4.78, 5) is 2.26. The van der Waals surface area contributed by atoms with E-state index in [0.29, 0.717) is 6.42 Å². The van der Waals surface area contributed by atoms with Crippen LogP contribution in [0.15, 0.2) is 0 Å². The first-order valence-electron chi connectivity index (χ1n) is 7.32. The maximum atomic E-state index is 12.2. The third-order valence-corrected chi connectivity index (χ3v) is 5.80. The molecule has 1 fully saturated rings. The minimum atomic E-state index is -3.09. The molecule has 0 unspecified atom stereocenters. The first-order valence-corrected chi connectivity index (χ1v) is 8.93. The van der Waals surface area contributed by atoms with Gasteiger partial charge in [0.1, 0.15) is 0 Å². The van der Waals surface area contributed by atoms with E-state index in [4.69, 9.17) is 0 Å². The summed E-state index contributed by atoms with van der Waals surface area (Å²) in [5, 5.41) is 3.24. The molecule has 1 aliphatic heterocycles. The number of hydrogen-bond acceptors (Lipinski definition) is 4. The third-order valence-electron chi connectivity index (χ3n) is 3.82. The van der Waals surface area contributed by atoms with Crippen molar-refractivity contribution in [1.29, 1.82) is 0 Å². The van der Waals surface area contributed by atoms with Gasteiger partial charge in [-0.05, 0) is 58.9 Å². The average Bonchev–Trinajstić information content (AvgIpc) is 2.38. The van der Waals surface area contributed by atoms with Gasteiger partial charge in [-0.15, -0.1) is 0 Å². The Morgan fingerprint density at radius 2 is 1.89 bits per heavy atom. The molecule has 0 spiro atoms. The summed E-state index contributed by atoms with van der Waals surface area (Å²) in [6.45, 7) is 5.84. The Bertz CT molecular complexity index is 338. The van der Waals surface area contributed by atoms with Crippen LogP contribution in [0.25, 0.3) is 0 Å². The number of sulfonamides is 1. The molecule has 0 bridgehead atoms. The van der Waals surface area contributed by atoms with E-state index in [-0.39, 0.29) is 11.8 Å². The topological polar surface area (TPSA) is 52.7 Å². The number of hydrogen-bond donors (Lipinski definition) is 1. The summed E-state index contributed by atoms with van der Waals surface area (Å²) >= 11 is 0. The summed E-state index contributed by atoms with van der Waals surface area (Å²) in [6, 6.07) is 0.185. The van der Waals surface area contributed by atoms with Gasteiger partial charge in [-0.3, -0.25) is 0 Å². The molecule has 0 atom stereocenters. The van der Waals surface area contributed by atoms with Crippen molar-refractivity contribution in [2.45, 2.75) is 38.6 Å². The smallest absolute Gasteiger partial charge is 0.214 e. The number of nitrogens with one attached hydrogen (secondary N) is 1. The maximum Gasteiger partial charge on any atom is 0.214 e. The number of nitrogens with zero attached hydrogens (tertiary/aromatic N) is 2. The summed E-state index contributed by atoms with van der Waals surface area (Å²) in [5.41, 5.74) is 0. The molecule has 0 saturated carbocycles. The van der Waals surface area contributed by atoms with Gasteiger partial charge in [0.15, 0.2) is 0 Å². The van der Waals surface area contributed by atoms with Gasteiger partial charge in [-0.2, -0.15) is 0 Å². The van der Waals surface area contributed by atoms with Crippen molar-refractivity contribution in [2.24, 2.45) is 0 Å². The zero-order chi connectivity index (χ0) is 14.3. The van der Waals surface area contributed by atoms with Gasteiger partial charge in [0.25, 0.3) is 0 Å². The van der Waals surface area contributed by atoms with Crippen molar-refractivity contribution in [3.05, 3.63) is 0 Å². The Labute approximate surface area is 118 Å². The zero-order valence-corrected chi connectivity index (χ0v) is 13.4. The summed E-state index contributed by atoms with van der Waals surface area (Å²) < 4.78 is 26.1. The highest BCUT2D eigenvalue weighted by Crippen LogP contribution is 2.17. The summed E-state index contributed by atoms with van der Waals surface area (Å²) in [6.07, 6.45) is 3.67. The van der Waals surface area contributed by atoms with E-state index in [0.717, 1.165) is 45.4 Å². The highest BCUT2D eigenvalue weighted by molar-refractivity contribution is 7.89. The van der Waals surface area contributed by atoms with Crippen molar-refractivity contribution in [2.75, 3.05) is 46.0 Å². The summed E-state index contributed by atoms with van der Waals surface area (Å²) in [5.74, 6) is 0.257. The Kier molecular flexibility index (Phi) is 7.28. The molecule has 19 heavy (non-hydrogen) atoms. The van der Waals surface area contributed by atoms with Crippen molar-refractivity contribution in [1.82, 2.24) is 14.5 Å². The SMILES string of the molecule is CCCNCCCS(=O)(=O)N(C)C1CCN(C)CC1. The molecule has 1 saturated heterocycles. The highest BCUT2D eigenvalue weighted by atomic mass is 32.2. The van der Waals surface area contributed by atoms with Gasteiger partial charge >= 0.3 is 0 Å². The third kappa shape index (κ3) is 5.77. The van der Waals surface area contributed by atoms with Crippen LogP contribution < -0.4 is 5.32 Å². The largest absolute Gasteiger partial charge is 0.317 e. The molecule has 0 aliphatic carbocycles. The van der Waals surface area contributed by atoms with E-state index in [1.165, 1.54) is 0 Å². The van der Waals surface area contributed by atoms with Crippen LogP contribution in [-0.2, 0) is 10.0 Å². The molecule has 0 aromatic carbocycles. The lowest BCUT2D eigenvalue weighted by atomic mass is 10.1. The second kappa shape index (κ2) is 8.19. The van der Waals surface area contributed by atoms with Crippen LogP contribution in [0.3, 0.4) is 0 Å². The Hall–Kier alpha value is -0.170. The number of rotatable bonds is 8. The van der Waals surface area contributed by atoms with E-state index in [2.05, 4.69) is 24.2 Å². The maximum absolute atomic E-state index is 12.2. The molecule has 1 aliphatic rings. The zero-order valence-electron chi connectivity index (χ0n) is 12.6. The number of likely N-dealkylation sites (tertiary alicyclic amines) is 1. The second-order valence-corrected chi connectivity index (χ2v) is 7.62. The molecule has 1 rings (SSSR count). The van der Waals surface area contributed by atoms with Crippen LogP contribution in [0.1, 0.15) is 32.6 Å². The van der Waals surface area contributed by atoms with E-state index in [1.807, 2.05) is 0 Å². The van der Waals surface area contributed by atoms with E-state index < -0.39 is 10.0 Å². The lowest BCUT2D eigenvalue weighted by Gasteiger charge is -2.34. The van der Waals surface area contributed by atoms with Crippen LogP contribution in [0.5, 0.6) is 0 Å². The first kappa shape index (κ1) is 16.9. The lowest BCUT2D eigenvalue weighted by Crippen LogP contribution is -2.45. The minimum Gasteiger partial charge on any atom is -0.317 e. The Balaban J connectivity index is 2.34. The van der Waals surface area contributed by atoms with Gasteiger partial charge in [-0.25, -0.2) is 12.7 Å². The molecular formula is C13H29N3O2S. The van der Waals surface area contributed by atoms with Crippen LogP contribution in [0.4, 0.5) is 0 Å². The highest BCUT2D eigenvalue weighted by Gasteiger charge is 2.28. The predicted octanol–water partition coefficient (Wildman–Crippen LogP) is 0.732.